The van der Waals surface area contributed by atoms with E-state index in [2.05, 4.69) is 570 Å². The molecule has 0 saturated carbocycles. The van der Waals surface area contributed by atoms with Crippen molar-refractivity contribution in [1.29, 1.82) is 0 Å². The van der Waals surface area contributed by atoms with Crippen LogP contribution in [0.15, 0.2) is 570 Å². The van der Waals surface area contributed by atoms with Crippen LogP contribution in [0.25, 0.3) is 262 Å². The van der Waals surface area contributed by atoms with E-state index < -0.39 is 0 Å². The molecule has 0 N–H and O–H groups in total. The third-order valence-corrected chi connectivity index (χ3v) is 28.8. The zero-order valence-corrected chi connectivity index (χ0v) is 78.3. The lowest BCUT2D eigenvalue weighted by Crippen LogP contribution is -1.93. The highest BCUT2D eigenvalue weighted by Crippen LogP contribution is 2.53. The van der Waals surface area contributed by atoms with E-state index in [1.165, 1.54) is 262 Å². The Hall–Kier alpha value is -18.5. The van der Waals surface area contributed by atoms with E-state index in [-0.39, 0.29) is 0 Å². The van der Waals surface area contributed by atoms with Crippen molar-refractivity contribution in [3.63, 3.8) is 0 Å². The van der Waals surface area contributed by atoms with Gasteiger partial charge < -0.3 is 0 Å². The summed E-state index contributed by atoms with van der Waals surface area (Å²) < 4.78 is 0. The fourth-order valence-electron chi connectivity index (χ4n) is 22.5. The predicted molar refractivity (Wildman–Crippen MR) is 613 cm³/mol. The van der Waals surface area contributed by atoms with E-state index in [4.69, 9.17) is 0 Å². The van der Waals surface area contributed by atoms with Crippen LogP contribution in [0.4, 0.5) is 0 Å². The molecule has 0 aliphatic heterocycles. The summed E-state index contributed by atoms with van der Waals surface area (Å²) in [6, 6.07) is 207. The third-order valence-electron chi connectivity index (χ3n) is 28.8. The van der Waals surface area contributed by atoms with Gasteiger partial charge in [-0.05, 0) is 287 Å². The van der Waals surface area contributed by atoms with Gasteiger partial charge in [-0.25, -0.2) is 0 Å². The van der Waals surface area contributed by atoms with Crippen LogP contribution in [0.3, 0.4) is 0 Å². The minimum Gasteiger partial charge on any atom is -0.0622 e. The molecule has 0 spiro atoms. The molecular formula is C142H94. The first-order valence-electron chi connectivity index (χ1n) is 49.2. The van der Waals surface area contributed by atoms with Crippen molar-refractivity contribution in [1.82, 2.24) is 0 Å². The van der Waals surface area contributed by atoms with Crippen LogP contribution in [-0.4, -0.2) is 0 Å². The number of rotatable bonds is 11. The van der Waals surface area contributed by atoms with Crippen molar-refractivity contribution in [2.45, 2.75) is 0 Å². The number of hydrogen-bond donors (Lipinski definition) is 0. The first-order valence-corrected chi connectivity index (χ1v) is 49.2. The van der Waals surface area contributed by atoms with E-state index in [1.807, 2.05) is 0 Å². The Bertz CT molecular complexity index is 9470. The second kappa shape index (κ2) is 37.6. The molecule has 662 valence electrons. The Morgan fingerprint density at radius 1 is 0.0704 bits per heavy atom. The van der Waals surface area contributed by atoms with E-state index in [9.17, 15) is 0 Å². The maximum Gasteiger partial charge on any atom is -0.00201 e. The molecule has 0 amide bonds. The van der Waals surface area contributed by atoms with Gasteiger partial charge in [-0.3, -0.25) is 0 Å². The first kappa shape index (κ1) is 85.2. The molecule has 28 aromatic rings. The lowest BCUT2D eigenvalue weighted by molar-refractivity contribution is 1.62. The van der Waals surface area contributed by atoms with Gasteiger partial charge in [-0.1, -0.05) is 546 Å². The third kappa shape index (κ3) is 15.7. The molecule has 0 saturated heterocycles. The van der Waals surface area contributed by atoms with Crippen molar-refractivity contribution < 1.29 is 0 Å². The van der Waals surface area contributed by atoms with E-state index in [1.54, 1.807) is 0 Å². The Morgan fingerprint density at radius 2 is 0.261 bits per heavy atom. The van der Waals surface area contributed by atoms with E-state index in [0.29, 0.717) is 0 Å². The second-order valence-electron chi connectivity index (χ2n) is 36.9. The summed E-state index contributed by atoms with van der Waals surface area (Å²) in [6.07, 6.45) is 0. The van der Waals surface area contributed by atoms with Crippen LogP contribution in [0.2, 0.25) is 0 Å². The highest BCUT2D eigenvalue weighted by atomic mass is 14.3. The average Bonchev–Trinajstić information content (AvgIpc) is 0.766. The summed E-state index contributed by atoms with van der Waals surface area (Å²) in [6.45, 7) is 0. The maximum atomic E-state index is 2.35. The van der Waals surface area contributed by atoms with Gasteiger partial charge in [-0.2, -0.15) is 0 Å². The molecule has 0 aromatic heterocycles. The van der Waals surface area contributed by atoms with Gasteiger partial charge in [0.15, 0.2) is 0 Å². The molecule has 0 nitrogen and oxygen atoms in total. The number of hydrogen-bond acceptors (Lipinski definition) is 0. The van der Waals surface area contributed by atoms with E-state index in [0.717, 1.165) is 0 Å². The topological polar surface area (TPSA) is 0 Å². The van der Waals surface area contributed by atoms with Crippen LogP contribution in [0.5, 0.6) is 0 Å². The Morgan fingerprint density at radius 3 is 0.627 bits per heavy atom. The molecule has 28 rings (SSSR count). The summed E-state index contributed by atoms with van der Waals surface area (Å²) in [7, 11) is 0. The normalized spacial score (nSPS) is 11.4. The molecule has 142 heavy (non-hydrogen) atoms. The Kier molecular flexibility index (Phi) is 22.5. The standard InChI is InChI=1S/3C36H24.C34H22/c1-2-12-26(13-3-1)35-31-17-6-8-19-33(31)36(34-20-9-7-18-32(34)35)30-16-10-15-28(24-30)29-22-21-25-11-4-5-14-27(25)23-29;1-2-14-26(15-3-1)35-31-20-8-10-22-33(31)36(34-23-11-9-21-32(34)35)30-19-7-6-18-29(30)28-24-12-16-25-13-4-5-17-27(25)28;1-2-13-26(14-3-1)35-31-18-8-10-20-33(31)36(34-21-11-9-19-32(34)35)30-17-7-6-16-29(30)28-23-22-25-12-4-5-15-27(25)24-28;1-2-12-25-22-26(21-20-23(25)10-1)33-29-15-5-7-17-31(29)34(32-18-8-6-16-30(32)33)28-19-9-13-24-11-3-4-14-27(24)28/h3*1-24H;1-22H. The summed E-state index contributed by atoms with van der Waals surface area (Å²) in [4.78, 5) is 0. The van der Waals surface area contributed by atoms with Crippen LogP contribution in [0, 0.1) is 0 Å². The molecule has 0 atom stereocenters. The fraction of sp³-hybridized carbons (Fsp3) is 0. The molecule has 0 unspecified atom stereocenters. The van der Waals surface area contributed by atoms with Gasteiger partial charge in [0.25, 0.3) is 0 Å². The maximum absolute atomic E-state index is 2.35. The molecule has 28 aromatic carbocycles. The van der Waals surface area contributed by atoms with Crippen molar-refractivity contribution in [2.75, 3.05) is 0 Å². The molecule has 0 fully saturated rings. The van der Waals surface area contributed by atoms with Gasteiger partial charge in [0.1, 0.15) is 0 Å². The SMILES string of the molecule is c1ccc(-c2c3ccccc3c(-c3cccc(-c4ccc5ccccc5c4)c3)c3ccccc23)cc1.c1ccc(-c2c3ccccc3c(-c3ccccc3-c3ccc4ccccc4c3)c3ccccc23)cc1.c1ccc(-c2c3ccccc3c(-c3ccccc3-c3cccc4ccccc34)c3ccccc23)cc1.c1ccc2cc(-c3c4ccccc4c(-c4cccc5ccccc45)c4ccccc34)ccc2c1. The highest BCUT2D eigenvalue weighted by molar-refractivity contribution is 6.28. The zero-order valence-electron chi connectivity index (χ0n) is 78.3. The van der Waals surface area contributed by atoms with Crippen molar-refractivity contribution in [2.24, 2.45) is 0 Å². The Labute approximate surface area is 826 Å². The van der Waals surface area contributed by atoms with E-state index >= 15 is 0 Å². The van der Waals surface area contributed by atoms with Gasteiger partial charge in [0.05, 0.1) is 0 Å². The van der Waals surface area contributed by atoms with Crippen LogP contribution >= 0.6 is 0 Å². The molecule has 0 aliphatic rings. The molecule has 0 heteroatoms. The molecule has 0 bridgehead atoms. The largest absolute Gasteiger partial charge is 0.0622 e. The van der Waals surface area contributed by atoms with Crippen LogP contribution < -0.4 is 0 Å². The van der Waals surface area contributed by atoms with Gasteiger partial charge in [-0.15, -0.1) is 0 Å². The first-order chi connectivity index (χ1) is 70.5. The van der Waals surface area contributed by atoms with Crippen molar-refractivity contribution in [3.8, 4) is 122 Å². The smallest absolute Gasteiger partial charge is 0.00201 e. The second-order valence-corrected chi connectivity index (χ2v) is 36.9. The van der Waals surface area contributed by atoms with Crippen LogP contribution in [-0.2, 0) is 0 Å². The summed E-state index contributed by atoms with van der Waals surface area (Å²) in [5, 5.41) is 33.3. The molecular weight excluding hydrogens is 1710 g/mol. The number of fused-ring (bicyclic) bond motifs is 13. The van der Waals surface area contributed by atoms with Gasteiger partial charge in [0.2, 0.25) is 0 Å². The lowest BCUT2D eigenvalue weighted by atomic mass is 9.83. The zero-order chi connectivity index (χ0) is 94.2. The number of benzene rings is 28. The molecule has 0 aliphatic carbocycles. The summed E-state index contributed by atoms with van der Waals surface area (Å²) in [5.74, 6) is 0. The summed E-state index contributed by atoms with van der Waals surface area (Å²) in [5.41, 5.74) is 28.0. The fourth-order valence-corrected chi connectivity index (χ4v) is 22.5. The predicted octanol–water partition coefficient (Wildman–Crippen LogP) is 40.1. The quantitative estimate of drug-likeness (QED) is 0.113. The minimum atomic E-state index is 1.23. The average molecular weight is 1800 g/mol. The molecule has 0 radical (unpaired) electrons. The van der Waals surface area contributed by atoms with Gasteiger partial charge >= 0.3 is 0 Å². The minimum absolute atomic E-state index is 1.23. The van der Waals surface area contributed by atoms with Gasteiger partial charge in [0, 0.05) is 0 Å². The summed E-state index contributed by atoms with van der Waals surface area (Å²) >= 11 is 0. The monoisotopic (exact) mass is 1800 g/mol. The van der Waals surface area contributed by atoms with Crippen molar-refractivity contribution >= 4 is 140 Å². The Balaban J connectivity index is 0.0000000995. The van der Waals surface area contributed by atoms with Crippen LogP contribution in [0.1, 0.15) is 0 Å². The van der Waals surface area contributed by atoms with Crippen molar-refractivity contribution in [3.05, 3.63) is 570 Å². The molecule has 0 heterocycles. The highest BCUT2D eigenvalue weighted by Gasteiger charge is 2.25. The lowest BCUT2D eigenvalue weighted by Gasteiger charge is -2.20.